The van der Waals surface area contributed by atoms with E-state index in [1.165, 1.54) is 0 Å². The molecule has 0 unspecified atom stereocenters. The zero-order chi connectivity index (χ0) is 13.1. The van der Waals surface area contributed by atoms with Crippen molar-refractivity contribution in [3.8, 4) is 5.75 Å². The molecule has 2 N–H and O–H groups in total. The maximum absolute atomic E-state index is 5.92. The summed E-state index contributed by atoms with van der Waals surface area (Å²) in [6.45, 7) is 4.02. The van der Waals surface area contributed by atoms with Crippen LogP contribution in [-0.4, -0.2) is 33.4 Å². The van der Waals surface area contributed by atoms with Crippen LogP contribution in [-0.2, 0) is 4.74 Å². The van der Waals surface area contributed by atoms with Gasteiger partial charge in [0.25, 0.3) is 0 Å². The van der Waals surface area contributed by atoms with Gasteiger partial charge in [-0.15, -0.1) is 0 Å². The zero-order valence-corrected chi connectivity index (χ0v) is 11.4. The fourth-order valence-corrected chi connectivity index (χ4v) is 2.43. The number of rotatable bonds is 3. The van der Waals surface area contributed by atoms with E-state index in [9.17, 15) is 0 Å². The van der Waals surface area contributed by atoms with Gasteiger partial charge < -0.3 is 20.1 Å². The molecular formula is C14H22N2O2. The molecule has 1 aromatic rings. The highest BCUT2D eigenvalue weighted by atomic mass is 16.5. The van der Waals surface area contributed by atoms with Gasteiger partial charge in [0.15, 0.2) is 0 Å². The van der Waals surface area contributed by atoms with Gasteiger partial charge in [0.05, 0.1) is 18.9 Å². The third-order valence-electron chi connectivity index (χ3n) is 3.68. The van der Waals surface area contributed by atoms with Crippen LogP contribution in [0.4, 0.5) is 11.4 Å². The summed E-state index contributed by atoms with van der Waals surface area (Å²) < 4.78 is 10.8. The first kappa shape index (κ1) is 13.0. The van der Waals surface area contributed by atoms with Gasteiger partial charge in [-0.05, 0) is 31.4 Å². The molecule has 1 aliphatic heterocycles. The fraction of sp³-hybridized carbons (Fsp3) is 0.571. The van der Waals surface area contributed by atoms with Gasteiger partial charge in [-0.2, -0.15) is 0 Å². The van der Waals surface area contributed by atoms with E-state index in [2.05, 4.69) is 11.0 Å². The second kappa shape index (κ2) is 5.48. The number of hydrogen-bond donors (Lipinski definition) is 1. The van der Waals surface area contributed by atoms with Crippen LogP contribution in [0.25, 0.3) is 0 Å². The van der Waals surface area contributed by atoms with Crippen molar-refractivity contribution in [2.75, 3.05) is 37.9 Å². The van der Waals surface area contributed by atoms with E-state index < -0.39 is 0 Å². The van der Waals surface area contributed by atoms with Crippen LogP contribution in [0, 0.1) is 6.92 Å². The van der Waals surface area contributed by atoms with E-state index in [1.54, 1.807) is 14.2 Å². The summed E-state index contributed by atoms with van der Waals surface area (Å²) in [6.07, 6.45) is 2.51. The van der Waals surface area contributed by atoms with Gasteiger partial charge in [0.1, 0.15) is 5.75 Å². The van der Waals surface area contributed by atoms with Crippen LogP contribution >= 0.6 is 0 Å². The Morgan fingerprint density at radius 1 is 1.22 bits per heavy atom. The fourth-order valence-electron chi connectivity index (χ4n) is 2.43. The molecule has 4 heteroatoms. The molecular weight excluding hydrogens is 228 g/mol. The summed E-state index contributed by atoms with van der Waals surface area (Å²) in [4.78, 5) is 2.35. The Kier molecular flexibility index (Phi) is 3.97. The number of nitrogen functional groups attached to an aromatic ring is 1. The van der Waals surface area contributed by atoms with Gasteiger partial charge in [0, 0.05) is 32.0 Å². The SMILES string of the molecule is COc1cc(N)c(C)cc1N1CCC(OC)CC1. The molecule has 2 rings (SSSR count). The van der Waals surface area contributed by atoms with E-state index in [1.807, 2.05) is 13.0 Å². The summed E-state index contributed by atoms with van der Waals surface area (Å²) in [5, 5.41) is 0. The quantitative estimate of drug-likeness (QED) is 0.835. The first-order chi connectivity index (χ1) is 8.65. The van der Waals surface area contributed by atoms with Gasteiger partial charge >= 0.3 is 0 Å². The Hall–Kier alpha value is -1.42. The van der Waals surface area contributed by atoms with Crippen LogP contribution in [0.5, 0.6) is 5.75 Å². The minimum absolute atomic E-state index is 0.391. The van der Waals surface area contributed by atoms with Gasteiger partial charge in [-0.3, -0.25) is 0 Å². The number of anilines is 2. The summed E-state index contributed by atoms with van der Waals surface area (Å²) in [6, 6.07) is 4.02. The average molecular weight is 250 g/mol. The lowest BCUT2D eigenvalue weighted by atomic mass is 10.1. The largest absolute Gasteiger partial charge is 0.495 e. The van der Waals surface area contributed by atoms with Crippen molar-refractivity contribution >= 4 is 11.4 Å². The topological polar surface area (TPSA) is 47.7 Å². The molecule has 100 valence electrons. The Balaban J connectivity index is 2.20. The number of aryl methyl sites for hydroxylation is 1. The van der Waals surface area contributed by atoms with Crippen LogP contribution in [0.2, 0.25) is 0 Å². The van der Waals surface area contributed by atoms with Crippen molar-refractivity contribution in [1.29, 1.82) is 0 Å². The van der Waals surface area contributed by atoms with E-state index in [0.29, 0.717) is 6.10 Å². The predicted molar refractivity (Wildman–Crippen MR) is 74.4 cm³/mol. The lowest BCUT2D eigenvalue weighted by Crippen LogP contribution is -2.36. The third-order valence-corrected chi connectivity index (χ3v) is 3.68. The first-order valence-corrected chi connectivity index (χ1v) is 6.37. The van der Waals surface area contributed by atoms with Crippen LogP contribution in [0.1, 0.15) is 18.4 Å². The van der Waals surface area contributed by atoms with Crippen LogP contribution < -0.4 is 15.4 Å². The minimum Gasteiger partial charge on any atom is -0.495 e. The normalized spacial score (nSPS) is 16.9. The van der Waals surface area contributed by atoms with E-state index in [0.717, 1.165) is 48.6 Å². The molecule has 0 bridgehead atoms. The Morgan fingerprint density at radius 3 is 2.44 bits per heavy atom. The second-order valence-electron chi connectivity index (χ2n) is 4.80. The average Bonchev–Trinajstić information content (AvgIpc) is 2.41. The molecule has 1 aromatic carbocycles. The Bertz CT molecular complexity index is 413. The summed E-state index contributed by atoms with van der Waals surface area (Å²) >= 11 is 0. The number of methoxy groups -OCH3 is 2. The molecule has 18 heavy (non-hydrogen) atoms. The van der Waals surface area contributed by atoms with Crippen molar-refractivity contribution in [3.05, 3.63) is 17.7 Å². The first-order valence-electron chi connectivity index (χ1n) is 6.37. The van der Waals surface area contributed by atoms with Crippen LogP contribution in [0.15, 0.2) is 12.1 Å². The molecule has 1 heterocycles. The molecule has 4 nitrogen and oxygen atoms in total. The highest BCUT2D eigenvalue weighted by Crippen LogP contribution is 2.34. The zero-order valence-electron chi connectivity index (χ0n) is 11.4. The summed E-state index contributed by atoms with van der Waals surface area (Å²) in [5.41, 5.74) is 8.93. The lowest BCUT2D eigenvalue weighted by molar-refractivity contribution is 0.0818. The number of benzene rings is 1. The second-order valence-corrected chi connectivity index (χ2v) is 4.80. The smallest absolute Gasteiger partial charge is 0.144 e. The molecule has 1 saturated heterocycles. The molecule has 0 amide bonds. The molecule has 0 aromatic heterocycles. The van der Waals surface area contributed by atoms with Crippen molar-refractivity contribution < 1.29 is 9.47 Å². The van der Waals surface area contributed by atoms with Crippen LogP contribution in [0.3, 0.4) is 0 Å². The predicted octanol–water partition coefficient (Wildman–Crippen LogP) is 2.20. The molecule has 1 fully saturated rings. The molecule has 0 spiro atoms. The minimum atomic E-state index is 0.391. The van der Waals surface area contributed by atoms with Gasteiger partial charge in [-0.25, -0.2) is 0 Å². The Labute approximate surface area is 109 Å². The van der Waals surface area contributed by atoms with Crippen molar-refractivity contribution in [1.82, 2.24) is 0 Å². The number of nitrogens with zero attached hydrogens (tertiary/aromatic N) is 1. The van der Waals surface area contributed by atoms with Crippen molar-refractivity contribution in [2.45, 2.75) is 25.9 Å². The number of hydrogen-bond acceptors (Lipinski definition) is 4. The maximum Gasteiger partial charge on any atom is 0.144 e. The summed E-state index contributed by atoms with van der Waals surface area (Å²) in [5.74, 6) is 0.856. The molecule has 0 atom stereocenters. The molecule has 0 radical (unpaired) electrons. The molecule has 0 aliphatic carbocycles. The standard InChI is InChI=1S/C14H22N2O2/c1-10-8-13(14(18-3)9-12(10)15)16-6-4-11(17-2)5-7-16/h8-9,11H,4-7,15H2,1-3H3. The maximum atomic E-state index is 5.92. The highest BCUT2D eigenvalue weighted by molar-refractivity contribution is 5.67. The number of ether oxygens (including phenoxy) is 2. The molecule has 0 saturated carbocycles. The van der Waals surface area contributed by atoms with E-state index in [-0.39, 0.29) is 0 Å². The van der Waals surface area contributed by atoms with E-state index in [4.69, 9.17) is 15.2 Å². The third kappa shape index (κ3) is 2.53. The highest BCUT2D eigenvalue weighted by Gasteiger charge is 2.21. The summed E-state index contributed by atoms with van der Waals surface area (Å²) in [7, 11) is 3.48. The number of piperidine rings is 1. The monoisotopic (exact) mass is 250 g/mol. The van der Waals surface area contributed by atoms with Crippen molar-refractivity contribution in [3.63, 3.8) is 0 Å². The van der Waals surface area contributed by atoms with Gasteiger partial charge in [-0.1, -0.05) is 0 Å². The lowest BCUT2D eigenvalue weighted by Gasteiger charge is -2.34. The van der Waals surface area contributed by atoms with Crippen molar-refractivity contribution in [2.24, 2.45) is 0 Å². The van der Waals surface area contributed by atoms with E-state index >= 15 is 0 Å². The molecule has 1 aliphatic rings. The number of nitrogens with two attached hydrogens (primary N) is 1. The Morgan fingerprint density at radius 2 is 1.89 bits per heavy atom. The van der Waals surface area contributed by atoms with Gasteiger partial charge in [0.2, 0.25) is 0 Å².